The molecule has 2 aliphatic carbocycles. The normalized spacial score (nSPS) is 23.1. The second-order valence-electron chi connectivity index (χ2n) is 14.4. The molecule has 0 spiro atoms. The minimum atomic E-state index is -9.27. The SMILES string of the molecule is CCCCCC[C@H]1CC[C@H]([C@H]2CC[C@H](c3c(F)c(F)c(C(F)(F)C(F)(F)C(F)(F)C(F)(F)C(F)(F)C(F)(F)C(F)(F)C(F)(F)C(F)(F)F)c(F)c3F)CC2)CC1. The van der Waals surface area contributed by atoms with E-state index in [9.17, 15) is 92.2 Å². The van der Waals surface area contributed by atoms with Gasteiger partial charge in [-0.2, -0.15) is 83.4 Å². The van der Waals surface area contributed by atoms with Gasteiger partial charge in [-0.05, 0) is 62.2 Å². The molecule has 0 amide bonds. The van der Waals surface area contributed by atoms with E-state index in [1.54, 1.807) is 0 Å². The van der Waals surface area contributed by atoms with Crippen molar-refractivity contribution in [3.8, 4) is 0 Å². The molecule has 23 heteroatoms. The van der Waals surface area contributed by atoms with Crippen molar-refractivity contribution in [1.82, 2.24) is 0 Å². The van der Waals surface area contributed by atoms with E-state index in [1.165, 1.54) is 0 Å². The van der Waals surface area contributed by atoms with Crippen LogP contribution in [0.15, 0.2) is 0 Å². The van der Waals surface area contributed by atoms with Gasteiger partial charge in [-0.25, -0.2) is 17.6 Å². The third-order valence-corrected chi connectivity index (χ3v) is 10.9. The van der Waals surface area contributed by atoms with E-state index < -0.39 is 93.9 Å². The predicted octanol–water partition coefficient (Wildman–Crippen LogP) is 14.4. The molecular weight excluding hydrogens is 833 g/mol. The molecule has 0 aromatic heterocycles. The lowest BCUT2D eigenvalue weighted by Gasteiger charge is -2.43. The number of alkyl halides is 19. The average Bonchev–Trinajstić information content (AvgIpc) is 3.09. The second-order valence-corrected chi connectivity index (χ2v) is 14.4. The van der Waals surface area contributed by atoms with Gasteiger partial charge >= 0.3 is 53.6 Å². The molecule has 0 atom stereocenters. The maximum Gasteiger partial charge on any atom is 0.460 e. The molecule has 2 fully saturated rings. The monoisotopic (exact) mass is 866 g/mol. The number of halogens is 23. The minimum Gasteiger partial charge on any atom is -0.203 e. The van der Waals surface area contributed by atoms with Gasteiger partial charge in [-0.3, -0.25) is 0 Å². The van der Waals surface area contributed by atoms with Crippen molar-refractivity contribution in [2.75, 3.05) is 0 Å². The summed E-state index contributed by atoms with van der Waals surface area (Å²) in [4.78, 5) is 0. The molecule has 0 bridgehead atoms. The number of rotatable bonds is 15. The first kappa shape index (κ1) is 48.0. The summed E-state index contributed by atoms with van der Waals surface area (Å²) in [6.45, 7) is 2.06. The van der Waals surface area contributed by atoms with E-state index >= 15 is 8.78 Å². The van der Waals surface area contributed by atoms with Crippen LogP contribution in [0.5, 0.6) is 0 Å². The molecule has 0 saturated heterocycles. The standard InChI is InChI=1S/C33H33F23/c1-2-3-4-5-6-15-7-9-16(10-8-15)17-11-13-18(14-12-17)19-21(34)23(36)20(24(37)22(19)35)25(38,39)26(40,41)27(42,43)28(44,45)29(46,47)30(48,49)31(50,51)32(52,53)33(54,55)56/h15-18H,2-14H2,1H3/t15-,16-,17-,18-. The summed E-state index contributed by atoms with van der Waals surface area (Å²) in [5.74, 6) is -85.3. The van der Waals surface area contributed by atoms with Crippen LogP contribution < -0.4 is 0 Å². The Bertz CT molecular complexity index is 1480. The molecule has 1 aromatic carbocycles. The average molecular weight is 867 g/mol. The number of benzene rings is 1. The quantitative estimate of drug-likeness (QED) is 0.0936. The molecular formula is C33H33F23. The molecule has 2 saturated carbocycles. The second kappa shape index (κ2) is 15.7. The highest BCUT2D eigenvalue weighted by molar-refractivity contribution is 5.37. The summed E-state index contributed by atoms with van der Waals surface area (Å²) < 4.78 is 321. The van der Waals surface area contributed by atoms with Crippen molar-refractivity contribution in [3.63, 3.8) is 0 Å². The highest BCUT2D eigenvalue weighted by Gasteiger charge is 2.97. The van der Waals surface area contributed by atoms with Crippen LogP contribution in [0.2, 0.25) is 0 Å². The molecule has 0 aliphatic heterocycles. The van der Waals surface area contributed by atoms with Crippen molar-refractivity contribution in [3.05, 3.63) is 34.4 Å². The zero-order valence-corrected chi connectivity index (χ0v) is 28.7. The van der Waals surface area contributed by atoms with Crippen molar-refractivity contribution < 1.29 is 101 Å². The van der Waals surface area contributed by atoms with Crippen LogP contribution >= 0.6 is 0 Å². The topological polar surface area (TPSA) is 0 Å². The van der Waals surface area contributed by atoms with Gasteiger partial charge < -0.3 is 0 Å². The van der Waals surface area contributed by atoms with E-state index in [2.05, 4.69) is 6.92 Å². The highest BCUT2D eigenvalue weighted by atomic mass is 19.4. The Morgan fingerprint density at radius 3 is 1.14 bits per heavy atom. The highest BCUT2D eigenvalue weighted by Crippen LogP contribution is 2.66. The van der Waals surface area contributed by atoms with E-state index in [0.29, 0.717) is 5.92 Å². The van der Waals surface area contributed by atoms with Gasteiger partial charge in [0, 0.05) is 5.56 Å². The summed E-state index contributed by atoms with van der Waals surface area (Å²) in [6, 6.07) is 0. The zero-order chi connectivity index (χ0) is 43.5. The lowest BCUT2D eigenvalue weighted by molar-refractivity contribution is -0.469. The molecule has 326 valence electrons. The van der Waals surface area contributed by atoms with E-state index in [1.807, 2.05) is 0 Å². The summed E-state index contributed by atoms with van der Waals surface area (Å²) >= 11 is 0. The van der Waals surface area contributed by atoms with E-state index in [-0.39, 0.29) is 37.5 Å². The third-order valence-electron chi connectivity index (χ3n) is 10.9. The molecule has 56 heavy (non-hydrogen) atoms. The number of hydrogen-bond acceptors (Lipinski definition) is 0. The fourth-order valence-electron chi connectivity index (χ4n) is 7.49. The number of unbranched alkanes of at least 4 members (excludes halogenated alkanes) is 3. The molecule has 0 heterocycles. The smallest absolute Gasteiger partial charge is 0.203 e. The summed E-state index contributed by atoms with van der Waals surface area (Å²) in [5.41, 5.74) is -5.95. The Balaban J connectivity index is 1.93. The Hall–Kier alpha value is -2.39. The van der Waals surface area contributed by atoms with E-state index in [0.717, 1.165) is 57.8 Å². The van der Waals surface area contributed by atoms with Crippen LogP contribution in [-0.2, 0) is 5.92 Å². The Morgan fingerprint density at radius 2 is 0.768 bits per heavy atom. The fourth-order valence-corrected chi connectivity index (χ4v) is 7.49. The van der Waals surface area contributed by atoms with Crippen LogP contribution in [0, 0.1) is 41.0 Å². The Kier molecular flexibility index (Phi) is 13.4. The van der Waals surface area contributed by atoms with Crippen LogP contribution in [0.1, 0.15) is 107 Å². The van der Waals surface area contributed by atoms with Crippen LogP contribution in [0.3, 0.4) is 0 Å². The minimum absolute atomic E-state index is 0.0931. The maximum atomic E-state index is 15.1. The molecule has 2 aliphatic rings. The Morgan fingerprint density at radius 1 is 0.411 bits per heavy atom. The molecule has 0 nitrogen and oxygen atoms in total. The zero-order valence-electron chi connectivity index (χ0n) is 28.7. The summed E-state index contributed by atoms with van der Waals surface area (Å²) in [7, 11) is 0. The van der Waals surface area contributed by atoms with Crippen LogP contribution in [0.4, 0.5) is 101 Å². The summed E-state index contributed by atoms with van der Waals surface area (Å²) in [6.07, 6.45) is 0.138. The van der Waals surface area contributed by atoms with Crippen LogP contribution in [0.25, 0.3) is 0 Å². The molecule has 1 aromatic rings. The molecule has 3 rings (SSSR count). The lowest BCUT2D eigenvalue weighted by Crippen LogP contribution is -2.75. The van der Waals surface area contributed by atoms with Gasteiger partial charge in [0.2, 0.25) is 0 Å². The van der Waals surface area contributed by atoms with Crippen molar-refractivity contribution >= 4 is 0 Å². The van der Waals surface area contributed by atoms with Gasteiger partial charge in [0.1, 0.15) is 5.56 Å². The first-order valence-corrected chi connectivity index (χ1v) is 17.1. The van der Waals surface area contributed by atoms with Crippen molar-refractivity contribution in [2.24, 2.45) is 17.8 Å². The summed E-state index contributed by atoms with van der Waals surface area (Å²) in [5, 5.41) is 0. The molecule has 0 radical (unpaired) electrons. The molecule has 0 N–H and O–H groups in total. The fraction of sp³-hybridized carbons (Fsp3) is 0.818. The van der Waals surface area contributed by atoms with Gasteiger partial charge in [0.15, 0.2) is 23.3 Å². The number of hydrogen-bond donors (Lipinski definition) is 0. The lowest BCUT2D eigenvalue weighted by atomic mass is 9.67. The molecule has 0 unspecified atom stereocenters. The predicted molar refractivity (Wildman–Crippen MR) is 150 cm³/mol. The van der Waals surface area contributed by atoms with Gasteiger partial charge in [-0.15, -0.1) is 0 Å². The van der Waals surface area contributed by atoms with Crippen LogP contribution in [-0.4, -0.2) is 47.6 Å². The van der Waals surface area contributed by atoms with Gasteiger partial charge in [-0.1, -0.05) is 51.9 Å². The third kappa shape index (κ3) is 7.41. The van der Waals surface area contributed by atoms with Gasteiger partial charge in [0.05, 0.1) is 0 Å². The maximum absolute atomic E-state index is 15.1. The van der Waals surface area contributed by atoms with E-state index in [4.69, 9.17) is 0 Å². The first-order valence-electron chi connectivity index (χ1n) is 17.1. The first-order chi connectivity index (χ1) is 25.1. The largest absolute Gasteiger partial charge is 0.460 e. The van der Waals surface area contributed by atoms with Gasteiger partial charge in [0.25, 0.3) is 0 Å². The van der Waals surface area contributed by atoms with Crippen molar-refractivity contribution in [1.29, 1.82) is 0 Å². The van der Waals surface area contributed by atoms with Crippen molar-refractivity contribution in [2.45, 2.75) is 150 Å². The Labute approximate surface area is 303 Å².